The number of ether oxygens (including phenoxy) is 1. The smallest absolute Gasteiger partial charge is 0.408 e. The van der Waals surface area contributed by atoms with Gasteiger partial charge in [0.2, 0.25) is 5.91 Å². The Labute approximate surface area is 223 Å². The van der Waals surface area contributed by atoms with E-state index in [0.29, 0.717) is 22.7 Å². The van der Waals surface area contributed by atoms with E-state index in [9.17, 15) is 19.5 Å². The van der Waals surface area contributed by atoms with Gasteiger partial charge in [-0.05, 0) is 64.2 Å². The molecule has 0 bridgehead atoms. The maximum Gasteiger partial charge on any atom is 0.408 e. The molecule has 2 aromatic rings. The zero-order valence-corrected chi connectivity index (χ0v) is 22.9. The van der Waals surface area contributed by atoms with Crippen LogP contribution in [0.4, 0.5) is 10.5 Å². The second-order valence-corrected chi connectivity index (χ2v) is 11.0. The Morgan fingerprint density at radius 1 is 1.14 bits per heavy atom. The summed E-state index contributed by atoms with van der Waals surface area (Å²) in [7, 11) is 0. The van der Waals surface area contributed by atoms with Crippen molar-refractivity contribution in [3.05, 3.63) is 64.2 Å². The van der Waals surface area contributed by atoms with Gasteiger partial charge in [-0.15, -0.1) is 0 Å². The number of halogens is 1. The third kappa shape index (κ3) is 7.23. The van der Waals surface area contributed by atoms with Crippen molar-refractivity contribution in [1.29, 1.82) is 0 Å². The number of aliphatic hydroxyl groups excluding tert-OH is 1. The number of nitrogens with one attached hydrogen (secondary N) is 2. The molecule has 37 heavy (non-hydrogen) atoms. The average Bonchev–Trinajstić information content (AvgIpc) is 3.53. The van der Waals surface area contributed by atoms with Crippen molar-refractivity contribution >= 4 is 35.2 Å². The number of aliphatic hydroxyl groups is 1. The molecule has 0 radical (unpaired) electrons. The average molecular weight is 530 g/mol. The molecule has 4 atom stereocenters. The predicted molar refractivity (Wildman–Crippen MR) is 143 cm³/mol. The number of carbonyl (C=O) groups excluding carboxylic acids is 3. The van der Waals surface area contributed by atoms with E-state index in [-0.39, 0.29) is 12.0 Å². The minimum atomic E-state index is -1.29. The second-order valence-electron chi connectivity index (χ2n) is 10.6. The van der Waals surface area contributed by atoms with Crippen molar-refractivity contribution in [3.8, 4) is 0 Å². The Balaban J connectivity index is 2.00. The number of para-hydroxylation sites is 1. The van der Waals surface area contributed by atoms with Crippen molar-refractivity contribution in [2.24, 2.45) is 5.92 Å². The molecule has 2 aromatic carbocycles. The number of nitrogens with zero attached hydrogens (tertiary/aromatic N) is 1. The summed E-state index contributed by atoms with van der Waals surface area (Å²) >= 11 is 6.38. The summed E-state index contributed by atoms with van der Waals surface area (Å²) in [6, 6.07) is 10.1. The molecule has 1 saturated carbocycles. The minimum absolute atomic E-state index is 0.146. The van der Waals surface area contributed by atoms with Crippen LogP contribution in [0.2, 0.25) is 5.02 Å². The number of alkyl carbamates (subject to hydrolysis) is 1. The number of anilines is 1. The Morgan fingerprint density at radius 2 is 1.76 bits per heavy atom. The van der Waals surface area contributed by atoms with Crippen molar-refractivity contribution in [1.82, 2.24) is 10.2 Å². The topological polar surface area (TPSA) is 108 Å². The van der Waals surface area contributed by atoms with Gasteiger partial charge in [0.15, 0.2) is 0 Å². The van der Waals surface area contributed by atoms with Crippen LogP contribution in [-0.2, 0) is 14.3 Å². The molecule has 0 spiro atoms. The fourth-order valence-corrected chi connectivity index (χ4v) is 4.43. The lowest BCUT2D eigenvalue weighted by atomic mass is 10.0. The number of carbonyl (C=O) groups is 3. The molecule has 3 N–H and O–H groups in total. The normalized spacial score (nSPS) is 18.4. The van der Waals surface area contributed by atoms with Gasteiger partial charge in [-0.25, -0.2) is 4.79 Å². The van der Waals surface area contributed by atoms with Gasteiger partial charge in [0.25, 0.3) is 5.91 Å². The van der Waals surface area contributed by atoms with Crippen LogP contribution in [0.15, 0.2) is 42.5 Å². The predicted octanol–water partition coefficient (Wildman–Crippen LogP) is 4.76. The summed E-state index contributed by atoms with van der Waals surface area (Å²) in [5, 5.41) is 15.8. The number of rotatable bonds is 8. The van der Waals surface area contributed by atoms with Crippen molar-refractivity contribution < 1.29 is 24.2 Å². The first-order valence-electron chi connectivity index (χ1n) is 12.4. The van der Waals surface area contributed by atoms with Gasteiger partial charge >= 0.3 is 6.09 Å². The number of amides is 3. The van der Waals surface area contributed by atoms with Crippen LogP contribution >= 0.6 is 11.6 Å². The minimum Gasteiger partial charge on any atom is -0.444 e. The molecule has 0 aromatic heterocycles. The van der Waals surface area contributed by atoms with Crippen LogP contribution in [0.1, 0.15) is 56.8 Å². The number of aryl methyl sites for hydroxylation is 2. The fraction of sp³-hybridized carbons (Fsp3) is 0.464. The highest BCUT2D eigenvalue weighted by Gasteiger charge is 2.48. The van der Waals surface area contributed by atoms with Gasteiger partial charge in [0, 0.05) is 6.04 Å². The van der Waals surface area contributed by atoms with E-state index in [1.54, 1.807) is 32.9 Å². The summed E-state index contributed by atoms with van der Waals surface area (Å²) < 4.78 is 5.28. The van der Waals surface area contributed by atoms with Gasteiger partial charge < -0.3 is 25.4 Å². The molecule has 200 valence electrons. The molecule has 3 rings (SSSR count). The largest absolute Gasteiger partial charge is 0.444 e. The molecule has 1 fully saturated rings. The van der Waals surface area contributed by atoms with E-state index >= 15 is 0 Å². The van der Waals surface area contributed by atoms with Crippen LogP contribution in [-0.4, -0.2) is 52.2 Å². The Morgan fingerprint density at radius 3 is 2.27 bits per heavy atom. The van der Waals surface area contributed by atoms with E-state index < -0.39 is 42.2 Å². The second kappa shape index (κ2) is 11.5. The summed E-state index contributed by atoms with van der Waals surface area (Å²) in [5.41, 5.74) is 2.07. The number of hydrogen-bond acceptors (Lipinski definition) is 5. The van der Waals surface area contributed by atoms with E-state index in [1.807, 2.05) is 51.1 Å². The lowest BCUT2D eigenvalue weighted by molar-refractivity contribution is -0.142. The molecular weight excluding hydrogens is 494 g/mol. The summed E-state index contributed by atoms with van der Waals surface area (Å²) in [6.07, 6.45) is -0.136. The van der Waals surface area contributed by atoms with Gasteiger partial charge in [-0.2, -0.15) is 0 Å². The molecule has 8 nitrogen and oxygen atoms in total. The van der Waals surface area contributed by atoms with E-state index in [1.165, 1.54) is 4.90 Å². The highest BCUT2D eigenvalue weighted by molar-refractivity contribution is 6.34. The van der Waals surface area contributed by atoms with Gasteiger partial charge in [-0.3, -0.25) is 9.59 Å². The first-order valence-corrected chi connectivity index (χ1v) is 12.7. The maximum atomic E-state index is 13.9. The molecule has 0 heterocycles. The molecule has 3 amide bonds. The first kappa shape index (κ1) is 28.5. The van der Waals surface area contributed by atoms with Gasteiger partial charge in [-0.1, -0.05) is 60.5 Å². The molecule has 0 aliphatic heterocycles. The van der Waals surface area contributed by atoms with Crippen molar-refractivity contribution in [2.45, 2.75) is 71.7 Å². The lowest BCUT2D eigenvalue weighted by Crippen LogP contribution is -2.54. The summed E-state index contributed by atoms with van der Waals surface area (Å²) in [6.45, 7) is 10.2. The molecule has 0 saturated heterocycles. The molecular formula is C28H36ClN3O5. The lowest BCUT2D eigenvalue weighted by Gasteiger charge is -2.34. The SMILES string of the molecule is Cc1ccc(C(C(=O)Nc2c(C)cccc2Cl)N(C(=O)C(CO)NC(=O)OC(C)(C)C)C2CC2C)cc1. The molecule has 1 aliphatic rings. The van der Waals surface area contributed by atoms with Crippen LogP contribution < -0.4 is 10.6 Å². The summed E-state index contributed by atoms with van der Waals surface area (Å²) in [5.74, 6) is -0.867. The zero-order chi connectivity index (χ0) is 27.5. The molecule has 4 unspecified atom stereocenters. The number of hydrogen-bond donors (Lipinski definition) is 3. The van der Waals surface area contributed by atoms with Gasteiger partial charge in [0.05, 0.1) is 17.3 Å². The number of benzene rings is 2. The monoisotopic (exact) mass is 529 g/mol. The van der Waals surface area contributed by atoms with Crippen molar-refractivity contribution in [2.75, 3.05) is 11.9 Å². The Bertz CT molecular complexity index is 1130. The molecule has 9 heteroatoms. The maximum absolute atomic E-state index is 13.9. The quantitative estimate of drug-likeness (QED) is 0.457. The standard InChI is InChI=1S/C28H36ClN3O5/c1-16-10-12-19(13-11-16)24(25(34)31-23-17(2)8-7-9-20(23)29)32(22-14-18(22)3)26(35)21(15-33)30-27(36)37-28(4,5)6/h7-13,18,21-22,24,33H,14-15H2,1-6H3,(H,30,36)(H,31,34). The third-order valence-electron chi connectivity index (χ3n) is 6.24. The van der Waals surface area contributed by atoms with Crippen LogP contribution in [0.5, 0.6) is 0 Å². The Kier molecular flexibility index (Phi) is 8.87. The Hall–Kier alpha value is -3.10. The highest BCUT2D eigenvalue weighted by atomic mass is 35.5. The van der Waals surface area contributed by atoms with Crippen LogP contribution in [0, 0.1) is 19.8 Å². The third-order valence-corrected chi connectivity index (χ3v) is 6.56. The summed E-state index contributed by atoms with van der Waals surface area (Å²) in [4.78, 5) is 41.6. The van der Waals surface area contributed by atoms with Gasteiger partial charge in [0.1, 0.15) is 17.7 Å². The zero-order valence-electron chi connectivity index (χ0n) is 22.2. The highest BCUT2D eigenvalue weighted by Crippen LogP contribution is 2.41. The molecule has 1 aliphatic carbocycles. The van der Waals surface area contributed by atoms with E-state index in [2.05, 4.69) is 10.6 Å². The van der Waals surface area contributed by atoms with E-state index in [0.717, 1.165) is 11.1 Å². The van der Waals surface area contributed by atoms with E-state index in [4.69, 9.17) is 16.3 Å². The van der Waals surface area contributed by atoms with Crippen LogP contribution in [0.3, 0.4) is 0 Å². The fourth-order valence-electron chi connectivity index (χ4n) is 4.16. The van der Waals surface area contributed by atoms with Crippen LogP contribution in [0.25, 0.3) is 0 Å². The van der Waals surface area contributed by atoms with Crippen molar-refractivity contribution in [3.63, 3.8) is 0 Å². The first-order chi connectivity index (χ1) is 17.3.